The number of carbonyl (C=O) groups excluding carboxylic acids is 2. The number of halogens is 1. The number of benzene rings is 1. The molecule has 1 heterocycles. The Morgan fingerprint density at radius 3 is 2.52 bits per heavy atom. The smallest absolute Gasteiger partial charge is 0.255 e. The molecule has 1 aliphatic heterocycles. The number of para-hydroxylation sites is 1. The molecule has 5 nitrogen and oxygen atoms in total. The van der Waals surface area contributed by atoms with Gasteiger partial charge >= 0.3 is 0 Å². The summed E-state index contributed by atoms with van der Waals surface area (Å²) in [5.41, 5.74) is 1.12. The summed E-state index contributed by atoms with van der Waals surface area (Å²) >= 11 is 0. The standard InChI is InChI=1S/C17H25N3O2.ClH/c1-20(2)17(22)14-5-3-4-6-15(14)19-16(21)8-7-13-9-11-18-12-10-13;/h3-6,13,18H,7-12H2,1-2H3,(H,19,21);1H. The highest BCUT2D eigenvalue weighted by atomic mass is 35.5. The fourth-order valence-electron chi connectivity index (χ4n) is 2.74. The molecule has 128 valence electrons. The van der Waals surface area contributed by atoms with Crippen molar-refractivity contribution in [2.75, 3.05) is 32.5 Å². The van der Waals surface area contributed by atoms with Crippen molar-refractivity contribution >= 4 is 29.9 Å². The van der Waals surface area contributed by atoms with Crippen molar-refractivity contribution in [2.24, 2.45) is 5.92 Å². The van der Waals surface area contributed by atoms with Crippen LogP contribution in [-0.4, -0.2) is 43.9 Å². The summed E-state index contributed by atoms with van der Waals surface area (Å²) in [5.74, 6) is 0.512. The van der Waals surface area contributed by atoms with Gasteiger partial charge in [0.05, 0.1) is 11.3 Å². The van der Waals surface area contributed by atoms with Gasteiger partial charge in [0.25, 0.3) is 5.91 Å². The third-order valence-corrected chi connectivity index (χ3v) is 4.08. The quantitative estimate of drug-likeness (QED) is 0.866. The van der Waals surface area contributed by atoms with E-state index in [1.807, 2.05) is 6.07 Å². The molecule has 0 bridgehead atoms. The zero-order valence-corrected chi connectivity index (χ0v) is 14.6. The molecule has 0 unspecified atom stereocenters. The Labute approximate surface area is 144 Å². The Hall–Kier alpha value is -1.59. The van der Waals surface area contributed by atoms with E-state index in [0.29, 0.717) is 23.6 Å². The van der Waals surface area contributed by atoms with Crippen LogP contribution in [0.15, 0.2) is 24.3 Å². The Balaban J connectivity index is 0.00000264. The van der Waals surface area contributed by atoms with Gasteiger partial charge in [0, 0.05) is 20.5 Å². The first kappa shape index (κ1) is 19.5. The lowest BCUT2D eigenvalue weighted by Crippen LogP contribution is -2.28. The molecule has 0 radical (unpaired) electrons. The zero-order chi connectivity index (χ0) is 15.9. The largest absolute Gasteiger partial charge is 0.345 e. The van der Waals surface area contributed by atoms with Crippen LogP contribution in [0.4, 0.5) is 5.69 Å². The van der Waals surface area contributed by atoms with Crippen molar-refractivity contribution in [2.45, 2.75) is 25.7 Å². The normalized spacial score (nSPS) is 14.7. The molecule has 2 rings (SSSR count). The molecule has 2 N–H and O–H groups in total. The summed E-state index contributed by atoms with van der Waals surface area (Å²) in [6.45, 7) is 2.10. The first-order chi connectivity index (χ1) is 10.6. The SMILES string of the molecule is CN(C)C(=O)c1ccccc1NC(=O)CCC1CCNCC1.Cl. The number of carbonyl (C=O) groups is 2. The third-order valence-electron chi connectivity index (χ3n) is 4.08. The first-order valence-corrected chi connectivity index (χ1v) is 7.89. The second kappa shape index (κ2) is 9.53. The predicted molar refractivity (Wildman–Crippen MR) is 95.2 cm³/mol. The van der Waals surface area contributed by atoms with Gasteiger partial charge in [-0.15, -0.1) is 12.4 Å². The average Bonchev–Trinajstić information content (AvgIpc) is 2.53. The van der Waals surface area contributed by atoms with Gasteiger partial charge in [-0.3, -0.25) is 9.59 Å². The van der Waals surface area contributed by atoms with Crippen molar-refractivity contribution < 1.29 is 9.59 Å². The number of piperidine rings is 1. The van der Waals surface area contributed by atoms with Gasteiger partial charge in [-0.2, -0.15) is 0 Å². The van der Waals surface area contributed by atoms with Crippen LogP contribution >= 0.6 is 12.4 Å². The fraction of sp³-hybridized carbons (Fsp3) is 0.529. The van der Waals surface area contributed by atoms with E-state index in [1.54, 1.807) is 32.3 Å². The number of amides is 2. The van der Waals surface area contributed by atoms with E-state index >= 15 is 0 Å². The molecule has 23 heavy (non-hydrogen) atoms. The summed E-state index contributed by atoms with van der Waals surface area (Å²) in [6, 6.07) is 7.15. The molecule has 1 fully saturated rings. The predicted octanol–water partition coefficient (Wildman–Crippen LogP) is 2.53. The molecule has 1 saturated heterocycles. The summed E-state index contributed by atoms with van der Waals surface area (Å²) in [5, 5.41) is 6.21. The molecule has 0 atom stereocenters. The van der Waals surface area contributed by atoms with Gasteiger partial charge in [-0.1, -0.05) is 12.1 Å². The Morgan fingerprint density at radius 2 is 1.87 bits per heavy atom. The lowest BCUT2D eigenvalue weighted by Gasteiger charge is -2.22. The van der Waals surface area contributed by atoms with Crippen molar-refractivity contribution in [3.05, 3.63) is 29.8 Å². The second-order valence-corrected chi connectivity index (χ2v) is 6.03. The van der Waals surface area contributed by atoms with Gasteiger partial charge in [0.2, 0.25) is 5.91 Å². The number of hydrogen-bond acceptors (Lipinski definition) is 3. The van der Waals surface area contributed by atoms with Gasteiger partial charge in [0.15, 0.2) is 0 Å². The van der Waals surface area contributed by atoms with E-state index in [1.165, 1.54) is 4.90 Å². The van der Waals surface area contributed by atoms with Crippen LogP contribution in [0.2, 0.25) is 0 Å². The average molecular weight is 340 g/mol. The highest BCUT2D eigenvalue weighted by Crippen LogP contribution is 2.20. The zero-order valence-electron chi connectivity index (χ0n) is 13.8. The Bertz CT molecular complexity index is 528. The van der Waals surface area contributed by atoms with E-state index in [9.17, 15) is 9.59 Å². The van der Waals surface area contributed by atoms with Gasteiger partial charge < -0.3 is 15.5 Å². The lowest BCUT2D eigenvalue weighted by molar-refractivity contribution is -0.116. The third kappa shape index (κ3) is 5.84. The minimum atomic E-state index is -0.103. The number of nitrogens with zero attached hydrogens (tertiary/aromatic N) is 1. The summed E-state index contributed by atoms with van der Waals surface area (Å²) in [6.07, 6.45) is 3.71. The second-order valence-electron chi connectivity index (χ2n) is 6.03. The number of rotatable bonds is 5. The van der Waals surface area contributed by atoms with Crippen molar-refractivity contribution in [3.63, 3.8) is 0 Å². The summed E-state index contributed by atoms with van der Waals surface area (Å²) in [7, 11) is 3.41. The molecule has 0 aromatic heterocycles. The van der Waals surface area contributed by atoms with Crippen molar-refractivity contribution in [3.8, 4) is 0 Å². The van der Waals surface area contributed by atoms with Crippen molar-refractivity contribution in [1.82, 2.24) is 10.2 Å². The molecule has 1 aromatic carbocycles. The van der Waals surface area contributed by atoms with E-state index in [4.69, 9.17) is 0 Å². The van der Waals surface area contributed by atoms with Crippen LogP contribution in [-0.2, 0) is 4.79 Å². The maximum atomic E-state index is 12.1. The van der Waals surface area contributed by atoms with E-state index in [0.717, 1.165) is 32.4 Å². The number of hydrogen-bond donors (Lipinski definition) is 2. The van der Waals surface area contributed by atoms with E-state index in [2.05, 4.69) is 10.6 Å². The van der Waals surface area contributed by atoms with Crippen LogP contribution < -0.4 is 10.6 Å². The minimum absolute atomic E-state index is 0. The number of anilines is 1. The maximum absolute atomic E-state index is 12.1. The van der Waals surface area contributed by atoms with Crippen LogP contribution in [0.3, 0.4) is 0 Å². The molecule has 6 heteroatoms. The summed E-state index contributed by atoms with van der Waals surface area (Å²) < 4.78 is 0. The monoisotopic (exact) mass is 339 g/mol. The molecule has 2 amide bonds. The molecular formula is C17H26ClN3O2. The topological polar surface area (TPSA) is 61.4 Å². The Morgan fingerprint density at radius 1 is 1.22 bits per heavy atom. The maximum Gasteiger partial charge on any atom is 0.255 e. The van der Waals surface area contributed by atoms with E-state index < -0.39 is 0 Å². The van der Waals surface area contributed by atoms with Crippen molar-refractivity contribution in [1.29, 1.82) is 0 Å². The highest BCUT2D eigenvalue weighted by Gasteiger charge is 2.17. The van der Waals surface area contributed by atoms with Gasteiger partial charge in [0.1, 0.15) is 0 Å². The molecular weight excluding hydrogens is 314 g/mol. The minimum Gasteiger partial charge on any atom is -0.345 e. The Kier molecular flexibility index (Phi) is 8.06. The van der Waals surface area contributed by atoms with Gasteiger partial charge in [-0.25, -0.2) is 0 Å². The molecule has 0 spiro atoms. The lowest BCUT2D eigenvalue weighted by atomic mass is 9.93. The van der Waals surface area contributed by atoms with Crippen LogP contribution in [0.5, 0.6) is 0 Å². The first-order valence-electron chi connectivity index (χ1n) is 7.89. The molecule has 0 saturated carbocycles. The van der Waals surface area contributed by atoms with Crippen LogP contribution in [0.25, 0.3) is 0 Å². The van der Waals surface area contributed by atoms with Gasteiger partial charge in [-0.05, 0) is 50.4 Å². The van der Waals surface area contributed by atoms with Crippen LogP contribution in [0, 0.1) is 5.92 Å². The fourth-order valence-corrected chi connectivity index (χ4v) is 2.74. The molecule has 1 aliphatic rings. The molecule has 1 aromatic rings. The van der Waals surface area contributed by atoms with Crippen LogP contribution in [0.1, 0.15) is 36.0 Å². The summed E-state index contributed by atoms with van der Waals surface area (Å²) in [4.78, 5) is 25.8. The molecule has 0 aliphatic carbocycles. The highest BCUT2D eigenvalue weighted by molar-refractivity contribution is 6.03. The number of nitrogens with one attached hydrogen (secondary N) is 2. The van der Waals surface area contributed by atoms with E-state index in [-0.39, 0.29) is 24.2 Å².